The third kappa shape index (κ3) is 6.13. The van der Waals surface area contributed by atoms with Crippen molar-refractivity contribution in [2.75, 3.05) is 20.3 Å². The van der Waals surface area contributed by atoms with Crippen LogP contribution in [-0.4, -0.2) is 43.0 Å². The average molecular weight is 433 g/mol. The predicted octanol–water partition coefficient (Wildman–Crippen LogP) is 3.90. The second-order valence-corrected chi connectivity index (χ2v) is 7.48. The van der Waals surface area contributed by atoms with Crippen LogP contribution in [0.1, 0.15) is 30.5 Å². The molecular formula is C23H29ClN2O4. The number of benzene rings is 2. The molecule has 0 aliphatic rings. The lowest BCUT2D eigenvalue weighted by atomic mass is 10.1. The van der Waals surface area contributed by atoms with Crippen molar-refractivity contribution < 1.29 is 19.1 Å². The first-order chi connectivity index (χ1) is 14.3. The fourth-order valence-electron chi connectivity index (χ4n) is 3.05. The molecule has 0 aliphatic carbocycles. The zero-order chi connectivity index (χ0) is 22.3. The van der Waals surface area contributed by atoms with Crippen LogP contribution in [0.4, 0.5) is 0 Å². The summed E-state index contributed by atoms with van der Waals surface area (Å²) in [5.74, 6) is 0.801. The Morgan fingerprint density at radius 1 is 1.10 bits per heavy atom. The van der Waals surface area contributed by atoms with Gasteiger partial charge in [-0.2, -0.15) is 0 Å². The van der Waals surface area contributed by atoms with Crippen LogP contribution in [0, 0.1) is 13.8 Å². The highest BCUT2D eigenvalue weighted by Gasteiger charge is 2.26. The molecule has 0 spiro atoms. The number of carbonyl (C=O) groups excluding carboxylic acids is 2. The van der Waals surface area contributed by atoms with Gasteiger partial charge in [-0.15, -0.1) is 0 Å². The number of methoxy groups -OCH3 is 1. The Hall–Kier alpha value is -2.73. The van der Waals surface area contributed by atoms with Crippen molar-refractivity contribution in [2.24, 2.45) is 0 Å². The van der Waals surface area contributed by atoms with Crippen molar-refractivity contribution in [3.63, 3.8) is 0 Å². The van der Waals surface area contributed by atoms with E-state index in [1.54, 1.807) is 26.2 Å². The van der Waals surface area contributed by atoms with E-state index in [2.05, 4.69) is 5.32 Å². The van der Waals surface area contributed by atoms with Gasteiger partial charge in [-0.25, -0.2) is 0 Å². The maximum absolute atomic E-state index is 13.0. The number of ether oxygens (including phenoxy) is 2. The maximum Gasteiger partial charge on any atom is 0.261 e. The topological polar surface area (TPSA) is 67.9 Å². The van der Waals surface area contributed by atoms with Crippen LogP contribution in [-0.2, 0) is 16.1 Å². The van der Waals surface area contributed by atoms with Crippen LogP contribution >= 0.6 is 11.6 Å². The van der Waals surface area contributed by atoms with Gasteiger partial charge in [0.25, 0.3) is 5.91 Å². The summed E-state index contributed by atoms with van der Waals surface area (Å²) in [6.45, 7) is 7.92. The van der Waals surface area contributed by atoms with Gasteiger partial charge in [0, 0.05) is 18.1 Å². The summed E-state index contributed by atoms with van der Waals surface area (Å²) in [5.41, 5.74) is 2.65. The number of carbonyl (C=O) groups is 2. The van der Waals surface area contributed by atoms with E-state index < -0.39 is 6.04 Å². The first kappa shape index (κ1) is 23.5. The van der Waals surface area contributed by atoms with Crippen LogP contribution in [0.15, 0.2) is 36.4 Å². The summed E-state index contributed by atoms with van der Waals surface area (Å²) < 4.78 is 10.9. The van der Waals surface area contributed by atoms with Crippen LogP contribution in [0.5, 0.6) is 11.5 Å². The van der Waals surface area contributed by atoms with Gasteiger partial charge in [0.2, 0.25) is 5.91 Å². The summed E-state index contributed by atoms with van der Waals surface area (Å²) in [4.78, 5) is 26.9. The van der Waals surface area contributed by atoms with Crippen LogP contribution in [0.25, 0.3) is 0 Å². The molecule has 1 N–H and O–H groups in total. The third-order valence-corrected chi connectivity index (χ3v) is 5.40. The number of amides is 2. The zero-order valence-electron chi connectivity index (χ0n) is 18.1. The third-order valence-electron chi connectivity index (χ3n) is 4.80. The molecule has 0 bridgehead atoms. The molecule has 7 heteroatoms. The summed E-state index contributed by atoms with van der Waals surface area (Å²) in [7, 11) is 1.60. The highest BCUT2D eigenvalue weighted by molar-refractivity contribution is 6.32. The molecular weight excluding hydrogens is 404 g/mol. The molecule has 0 fully saturated rings. The van der Waals surface area contributed by atoms with E-state index in [1.807, 2.05) is 45.0 Å². The maximum atomic E-state index is 13.0. The monoisotopic (exact) mass is 432 g/mol. The first-order valence-corrected chi connectivity index (χ1v) is 10.2. The number of halogens is 1. The van der Waals surface area contributed by atoms with Crippen molar-refractivity contribution in [2.45, 2.75) is 40.3 Å². The summed E-state index contributed by atoms with van der Waals surface area (Å²) in [6.07, 6.45) is 0. The Morgan fingerprint density at radius 2 is 1.70 bits per heavy atom. The highest BCUT2D eigenvalue weighted by atomic mass is 35.5. The molecule has 30 heavy (non-hydrogen) atoms. The minimum Gasteiger partial charge on any atom is -0.497 e. The molecule has 0 radical (unpaired) electrons. The molecule has 162 valence electrons. The average Bonchev–Trinajstić information content (AvgIpc) is 2.74. The van der Waals surface area contributed by atoms with Crippen molar-refractivity contribution >= 4 is 23.4 Å². The summed E-state index contributed by atoms with van der Waals surface area (Å²) in [5, 5.41) is 3.45. The fraction of sp³-hybridized carbons (Fsp3) is 0.391. The number of hydrogen-bond donors (Lipinski definition) is 1. The molecule has 1 atom stereocenters. The van der Waals surface area contributed by atoms with E-state index in [-0.39, 0.29) is 25.0 Å². The number of nitrogens with one attached hydrogen (secondary N) is 1. The fourth-order valence-corrected chi connectivity index (χ4v) is 3.16. The summed E-state index contributed by atoms with van der Waals surface area (Å²) in [6, 6.07) is 10.3. The molecule has 0 aromatic heterocycles. The molecule has 2 aromatic rings. The van der Waals surface area contributed by atoms with E-state index >= 15 is 0 Å². The standard InChI is InChI=1S/C23H29ClN2O4/c1-6-25-23(28)17(4)26(13-18-7-9-19(29-5)10-8-18)21(27)14-30-20-11-15(2)22(24)16(3)12-20/h7-12,17H,6,13-14H2,1-5H3,(H,25,28)/t17-/m0/s1. The Kier molecular flexibility index (Phi) is 8.54. The van der Waals surface area contributed by atoms with Crippen LogP contribution in [0.3, 0.4) is 0 Å². The van der Waals surface area contributed by atoms with Gasteiger partial charge in [-0.3, -0.25) is 9.59 Å². The lowest BCUT2D eigenvalue weighted by Crippen LogP contribution is -2.49. The minimum atomic E-state index is -0.642. The van der Waals surface area contributed by atoms with E-state index in [9.17, 15) is 9.59 Å². The van der Waals surface area contributed by atoms with Crippen molar-refractivity contribution in [3.05, 3.63) is 58.1 Å². The number of aryl methyl sites for hydroxylation is 2. The Bertz CT molecular complexity index is 860. The highest BCUT2D eigenvalue weighted by Crippen LogP contribution is 2.26. The van der Waals surface area contributed by atoms with Crippen LogP contribution in [0.2, 0.25) is 5.02 Å². The smallest absolute Gasteiger partial charge is 0.261 e. The van der Waals surface area contributed by atoms with Gasteiger partial charge in [0.1, 0.15) is 17.5 Å². The normalized spacial score (nSPS) is 11.5. The molecule has 0 heterocycles. The van der Waals surface area contributed by atoms with Gasteiger partial charge in [-0.05, 0) is 68.7 Å². The van der Waals surface area contributed by atoms with Gasteiger partial charge < -0.3 is 19.7 Å². The molecule has 2 aromatic carbocycles. The van der Waals surface area contributed by atoms with Gasteiger partial charge in [0.15, 0.2) is 6.61 Å². The second kappa shape index (κ2) is 10.9. The zero-order valence-corrected chi connectivity index (χ0v) is 18.9. The minimum absolute atomic E-state index is 0.180. The van der Waals surface area contributed by atoms with Crippen LogP contribution < -0.4 is 14.8 Å². The van der Waals surface area contributed by atoms with E-state index in [0.29, 0.717) is 17.3 Å². The SMILES string of the molecule is CCNC(=O)[C@H](C)N(Cc1ccc(OC)cc1)C(=O)COc1cc(C)c(Cl)c(C)c1. The first-order valence-electron chi connectivity index (χ1n) is 9.86. The Balaban J connectivity index is 2.17. The van der Waals surface area contributed by atoms with E-state index in [1.165, 1.54) is 4.90 Å². The predicted molar refractivity (Wildman–Crippen MR) is 118 cm³/mol. The van der Waals surface area contributed by atoms with Crippen molar-refractivity contribution in [1.82, 2.24) is 10.2 Å². The molecule has 2 amide bonds. The lowest BCUT2D eigenvalue weighted by molar-refractivity contribution is -0.142. The lowest BCUT2D eigenvalue weighted by Gasteiger charge is -2.28. The number of rotatable bonds is 9. The second-order valence-electron chi connectivity index (χ2n) is 7.10. The van der Waals surface area contributed by atoms with Gasteiger partial charge in [0.05, 0.1) is 7.11 Å². The number of hydrogen-bond acceptors (Lipinski definition) is 4. The van der Waals surface area contributed by atoms with E-state index in [0.717, 1.165) is 22.4 Å². The molecule has 0 unspecified atom stereocenters. The molecule has 0 saturated heterocycles. The Morgan fingerprint density at radius 3 is 2.23 bits per heavy atom. The quantitative estimate of drug-likeness (QED) is 0.652. The number of likely N-dealkylation sites (N-methyl/N-ethyl adjacent to an activating group) is 1. The largest absolute Gasteiger partial charge is 0.497 e. The van der Waals surface area contributed by atoms with E-state index in [4.69, 9.17) is 21.1 Å². The van der Waals surface area contributed by atoms with Crippen molar-refractivity contribution in [1.29, 1.82) is 0 Å². The molecule has 6 nitrogen and oxygen atoms in total. The summed E-state index contributed by atoms with van der Waals surface area (Å²) >= 11 is 6.20. The van der Waals surface area contributed by atoms with Gasteiger partial charge >= 0.3 is 0 Å². The Labute approximate surface area is 183 Å². The number of nitrogens with zero attached hydrogens (tertiary/aromatic N) is 1. The molecule has 0 aliphatic heterocycles. The van der Waals surface area contributed by atoms with Crippen molar-refractivity contribution in [3.8, 4) is 11.5 Å². The van der Waals surface area contributed by atoms with Gasteiger partial charge in [-0.1, -0.05) is 23.7 Å². The molecule has 2 rings (SSSR count). The molecule has 0 saturated carbocycles.